The highest BCUT2D eigenvalue weighted by atomic mass is 16.5. The molecule has 244 valence electrons. The Hall–Kier alpha value is -2.88. The van der Waals surface area contributed by atoms with E-state index in [2.05, 4.69) is 66.6 Å². The molecule has 1 aliphatic heterocycles. The van der Waals surface area contributed by atoms with E-state index >= 15 is 0 Å². The first-order chi connectivity index (χ1) is 21.4. The summed E-state index contributed by atoms with van der Waals surface area (Å²) < 4.78 is 7.94. The van der Waals surface area contributed by atoms with Gasteiger partial charge < -0.3 is 14.7 Å². The van der Waals surface area contributed by atoms with Gasteiger partial charge in [-0.3, -0.25) is 14.5 Å². The Kier molecular flexibility index (Phi) is 8.59. The van der Waals surface area contributed by atoms with Crippen LogP contribution in [0.15, 0.2) is 43.1 Å². The van der Waals surface area contributed by atoms with Gasteiger partial charge in [-0.25, -0.2) is 4.68 Å². The molecule has 4 fully saturated rings. The van der Waals surface area contributed by atoms with Crippen LogP contribution in [0.1, 0.15) is 65.4 Å². The third kappa shape index (κ3) is 5.59. The summed E-state index contributed by atoms with van der Waals surface area (Å²) in [6, 6.07) is 8.36. The minimum Gasteiger partial charge on any atom is -0.460 e. The van der Waals surface area contributed by atoms with Crippen molar-refractivity contribution >= 4 is 11.8 Å². The molecule has 0 spiro atoms. The van der Waals surface area contributed by atoms with Crippen LogP contribution in [0.2, 0.25) is 0 Å². The SMILES string of the molecule is C=C[C@]1(C)C[C@@H](OC(=O)Cn2cc(-c3cccc(CN4CCN(C)CC4)c3)nn2)[C@]2(C)[C@H](C)CC[C@]3(CCC(=O)[C@H]32)[C@@H](C)[C@@H]1O. The molecule has 1 aromatic heterocycles. The van der Waals surface area contributed by atoms with Gasteiger partial charge in [-0.1, -0.05) is 57.2 Å². The predicted molar refractivity (Wildman–Crippen MR) is 173 cm³/mol. The average Bonchev–Trinajstić information content (AvgIpc) is 3.64. The molecule has 1 saturated heterocycles. The number of ether oxygens (including phenoxy) is 1. The van der Waals surface area contributed by atoms with Crippen molar-refractivity contribution in [3.63, 3.8) is 0 Å². The van der Waals surface area contributed by atoms with Gasteiger partial charge in [-0.2, -0.15) is 0 Å². The number of benzene rings is 1. The molecule has 1 aromatic carbocycles. The molecule has 0 amide bonds. The highest BCUT2D eigenvalue weighted by molar-refractivity contribution is 5.85. The van der Waals surface area contributed by atoms with E-state index in [0.717, 1.165) is 57.5 Å². The number of likely N-dealkylation sites (N-methyl/N-ethyl adjacent to an activating group) is 1. The van der Waals surface area contributed by atoms with Gasteiger partial charge in [0.15, 0.2) is 0 Å². The monoisotopic (exact) mass is 617 g/mol. The van der Waals surface area contributed by atoms with Crippen molar-refractivity contribution in [3.05, 3.63) is 48.7 Å². The van der Waals surface area contributed by atoms with Gasteiger partial charge in [0, 0.05) is 61.5 Å². The molecular weight excluding hydrogens is 566 g/mol. The Bertz CT molecular complexity index is 1430. The molecule has 6 rings (SSSR count). The lowest BCUT2D eigenvalue weighted by Gasteiger charge is -2.61. The standard InChI is InChI=1S/C36H51N5O4/c1-7-34(4)20-30(35(5)24(2)11-13-36(25(3)33(34)44)14-12-29(42)32(35)36)45-31(43)23-41-22-28(37-38-41)27-10-8-9-26(19-27)21-40-17-15-39(6)16-18-40/h7-10,19,22,24-25,30,32-33,44H,1,11-18,20-21,23H2,2-6H3/t24-,25+,30-,32+,33+,34-,35+,36+/m1/s1. The fourth-order valence-corrected chi connectivity index (χ4v) is 9.43. The highest BCUT2D eigenvalue weighted by Gasteiger charge is 2.68. The van der Waals surface area contributed by atoms with Crippen LogP contribution in [0.5, 0.6) is 0 Å². The van der Waals surface area contributed by atoms with Crippen LogP contribution in [-0.2, 0) is 27.4 Å². The molecule has 9 heteroatoms. The Morgan fingerprint density at radius 2 is 1.93 bits per heavy atom. The van der Waals surface area contributed by atoms with Crippen molar-refractivity contribution in [1.29, 1.82) is 0 Å². The van der Waals surface area contributed by atoms with E-state index in [9.17, 15) is 14.7 Å². The van der Waals surface area contributed by atoms with Gasteiger partial charge in [0.05, 0.1) is 12.3 Å². The minimum absolute atomic E-state index is 0.0611. The normalized spacial score (nSPS) is 37.5. The van der Waals surface area contributed by atoms with Gasteiger partial charge in [0.25, 0.3) is 0 Å². The van der Waals surface area contributed by atoms with Gasteiger partial charge in [0.2, 0.25) is 0 Å². The first kappa shape index (κ1) is 32.1. The number of aliphatic hydroxyl groups excluding tert-OH is 1. The molecule has 2 heterocycles. The highest BCUT2D eigenvalue weighted by Crippen LogP contribution is 2.68. The average molecular weight is 618 g/mol. The topological polar surface area (TPSA) is 101 Å². The number of carbonyl (C=O) groups is 2. The maximum absolute atomic E-state index is 13.7. The molecular formula is C36H51N5O4. The summed E-state index contributed by atoms with van der Waals surface area (Å²) in [4.78, 5) is 32.1. The second kappa shape index (κ2) is 12.0. The molecule has 45 heavy (non-hydrogen) atoms. The number of rotatable bonds is 7. The van der Waals surface area contributed by atoms with Crippen molar-refractivity contribution in [2.24, 2.45) is 34.0 Å². The van der Waals surface area contributed by atoms with E-state index in [1.165, 1.54) is 10.2 Å². The summed E-state index contributed by atoms with van der Waals surface area (Å²) in [6.07, 6.45) is 5.95. The van der Waals surface area contributed by atoms with E-state index in [4.69, 9.17) is 4.74 Å². The zero-order valence-electron chi connectivity index (χ0n) is 27.7. The number of hydrogen-bond donors (Lipinski definition) is 1. The predicted octanol–water partition coefficient (Wildman–Crippen LogP) is 4.60. The van der Waals surface area contributed by atoms with Crippen LogP contribution < -0.4 is 0 Å². The first-order valence-corrected chi connectivity index (χ1v) is 16.8. The fourth-order valence-electron chi connectivity index (χ4n) is 9.43. The summed E-state index contributed by atoms with van der Waals surface area (Å²) in [5.74, 6) is -0.286. The largest absolute Gasteiger partial charge is 0.460 e. The van der Waals surface area contributed by atoms with Gasteiger partial charge in [0.1, 0.15) is 24.1 Å². The fraction of sp³-hybridized carbons (Fsp3) is 0.667. The molecule has 2 bridgehead atoms. The van der Waals surface area contributed by atoms with Gasteiger partial charge in [-0.15, -0.1) is 11.7 Å². The lowest BCUT2D eigenvalue weighted by Crippen LogP contribution is -2.63. The summed E-state index contributed by atoms with van der Waals surface area (Å²) in [5, 5.41) is 20.4. The van der Waals surface area contributed by atoms with Crippen LogP contribution >= 0.6 is 0 Å². The van der Waals surface area contributed by atoms with Crippen LogP contribution in [0, 0.1) is 34.0 Å². The van der Waals surface area contributed by atoms with Crippen molar-refractivity contribution < 1.29 is 19.4 Å². The third-order valence-corrected chi connectivity index (χ3v) is 12.6. The second-order valence-electron chi connectivity index (χ2n) is 15.1. The number of aromatic nitrogens is 3. The molecule has 8 atom stereocenters. The van der Waals surface area contributed by atoms with E-state index in [1.807, 2.05) is 25.1 Å². The van der Waals surface area contributed by atoms with E-state index < -0.39 is 29.0 Å². The Balaban J connectivity index is 1.21. The smallest absolute Gasteiger partial charge is 0.328 e. The molecule has 4 aliphatic rings. The zero-order chi connectivity index (χ0) is 32.1. The zero-order valence-corrected chi connectivity index (χ0v) is 27.7. The lowest BCUT2D eigenvalue weighted by molar-refractivity contribution is -0.207. The summed E-state index contributed by atoms with van der Waals surface area (Å²) in [6.45, 7) is 17.7. The van der Waals surface area contributed by atoms with Crippen molar-refractivity contribution in [2.75, 3.05) is 33.2 Å². The second-order valence-corrected chi connectivity index (χ2v) is 15.1. The first-order valence-electron chi connectivity index (χ1n) is 16.8. The maximum atomic E-state index is 13.7. The van der Waals surface area contributed by atoms with Crippen LogP contribution in [0.4, 0.5) is 0 Å². The number of ketones is 1. The van der Waals surface area contributed by atoms with E-state index in [0.29, 0.717) is 18.5 Å². The molecule has 9 nitrogen and oxygen atoms in total. The molecule has 0 unspecified atom stereocenters. The Morgan fingerprint density at radius 1 is 1.18 bits per heavy atom. The van der Waals surface area contributed by atoms with Gasteiger partial charge >= 0.3 is 5.97 Å². The van der Waals surface area contributed by atoms with E-state index in [1.54, 1.807) is 6.20 Å². The number of Topliss-reactive ketones (excluding diaryl/α,β-unsaturated/α-hetero) is 1. The van der Waals surface area contributed by atoms with E-state index in [-0.39, 0.29) is 35.5 Å². The number of piperazine rings is 1. The molecule has 3 aliphatic carbocycles. The van der Waals surface area contributed by atoms with Crippen LogP contribution in [0.3, 0.4) is 0 Å². The lowest BCUT2D eigenvalue weighted by atomic mass is 9.44. The number of aliphatic hydroxyl groups is 1. The molecule has 1 N–H and O–H groups in total. The van der Waals surface area contributed by atoms with Crippen molar-refractivity contribution in [3.8, 4) is 11.3 Å². The number of carbonyl (C=O) groups excluding carboxylic acids is 2. The Labute approximate surface area is 268 Å². The maximum Gasteiger partial charge on any atom is 0.328 e. The summed E-state index contributed by atoms with van der Waals surface area (Å²) >= 11 is 0. The number of nitrogens with zero attached hydrogens (tertiary/aromatic N) is 5. The molecule has 3 saturated carbocycles. The molecule has 2 aromatic rings. The quantitative estimate of drug-likeness (QED) is 0.356. The summed E-state index contributed by atoms with van der Waals surface area (Å²) in [5.41, 5.74) is 1.39. The van der Waals surface area contributed by atoms with Crippen molar-refractivity contribution in [1.82, 2.24) is 24.8 Å². The Morgan fingerprint density at radius 3 is 2.67 bits per heavy atom. The third-order valence-electron chi connectivity index (χ3n) is 12.6. The van der Waals surface area contributed by atoms with Crippen molar-refractivity contribution in [2.45, 2.75) is 85.1 Å². The number of hydrogen-bond acceptors (Lipinski definition) is 8. The number of esters is 1. The van der Waals surface area contributed by atoms with Crippen LogP contribution in [0.25, 0.3) is 11.3 Å². The molecule has 0 radical (unpaired) electrons. The van der Waals surface area contributed by atoms with Crippen LogP contribution in [-0.4, -0.2) is 87.1 Å². The van der Waals surface area contributed by atoms with Gasteiger partial charge in [-0.05, 0) is 61.6 Å². The minimum atomic E-state index is -0.688. The summed E-state index contributed by atoms with van der Waals surface area (Å²) in [7, 11) is 2.16.